The molecule has 9 nitrogen and oxygen atoms in total. The summed E-state index contributed by atoms with van der Waals surface area (Å²) in [4.78, 5) is 13.3. The number of nitrogen functional groups attached to an aromatic ring is 1. The molecular formula is C31H35F5N6O3S. The molecule has 0 aliphatic carbocycles. The number of nitrogens with two attached hydrogens (primary N) is 1. The molecule has 5 aliphatic heterocycles. The highest BCUT2D eigenvalue weighted by Gasteiger charge is 2.50. The maximum Gasteiger partial charge on any atom is 0.418 e. The topological polar surface area (TPSA) is 114 Å². The van der Waals surface area contributed by atoms with Gasteiger partial charge in [-0.05, 0) is 45.2 Å². The lowest BCUT2D eigenvalue weighted by Crippen LogP contribution is -2.52. The van der Waals surface area contributed by atoms with E-state index in [1.54, 1.807) is 0 Å². The van der Waals surface area contributed by atoms with Crippen LogP contribution in [0.5, 0.6) is 6.01 Å². The number of fused-ring (bicyclic) bond motifs is 4. The van der Waals surface area contributed by atoms with Crippen LogP contribution in [0.4, 0.5) is 33.5 Å². The first kappa shape index (κ1) is 31.4. The van der Waals surface area contributed by atoms with E-state index in [1.165, 1.54) is 6.92 Å². The molecule has 15 heteroatoms. The molecule has 0 amide bonds. The van der Waals surface area contributed by atoms with Crippen molar-refractivity contribution in [1.82, 2.24) is 20.2 Å². The molecule has 4 saturated heterocycles. The molecule has 4 fully saturated rings. The second-order valence-electron chi connectivity index (χ2n) is 13.2. The Bertz CT molecular complexity index is 1730. The van der Waals surface area contributed by atoms with Gasteiger partial charge in [0.15, 0.2) is 15.7 Å². The van der Waals surface area contributed by atoms with Crippen molar-refractivity contribution in [1.29, 1.82) is 0 Å². The normalized spacial score (nSPS) is 30.1. The lowest BCUT2D eigenvalue weighted by molar-refractivity contribution is -0.138. The minimum absolute atomic E-state index is 0.0668. The number of hydrogen-bond donors (Lipinski definition) is 2. The minimum atomic E-state index is -5.12. The Kier molecular flexibility index (Phi) is 7.64. The maximum absolute atomic E-state index is 15.7. The molecular weight excluding hydrogens is 631 g/mol. The van der Waals surface area contributed by atoms with E-state index >= 15 is 4.39 Å². The van der Waals surface area contributed by atoms with Gasteiger partial charge in [0.1, 0.15) is 18.6 Å². The Morgan fingerprint density at radius 3 is 2.63 bits per heavy atom. The van der Waals surface area contributed by atoms with Crippen LogP contribution in [0, 0.1) is 17.7 Å². The van der Waals surface area contributed by atoms with E-state index in [1.807, 2.05) is 4.90 Å². The first-order valence-electron chi connectivity index (χ1n) is 15.5. The Morgan fingerprint density at radius 2 is 1.93 bits per heavy atom. The molecule has 2 aromatic rings. The molecule has 1 aromatic heterocycles. The molecule has 2 unspecified atom stereocenters. The monoisotopic (exact) mass is 666 g/mol. The van der Waals surface area contributed by atoms with Crippen LogP contribution in [0.15, 0.2) is 6.07 Å². The van der Waals surface area contributed by atoms with Crippen LogP contribution in [-0.2, 0) is 28.2 Å². The summed E-state index contributed by atoms with van der Waals surface area (Å²) in [6.45, 7) is 3.60. The quantitative estimate of drug-likeness (QED) is 0.280. The van der Waals surface area contributed by atoms with Crippen molar-refractivity contribution < 1.29 is 35.1 Å². The van der Waals surface area contributed by atoms with Crippen molar-refractivity contribution in [2.24, 2.45) is 0 Å². The van der Waals surface area contributed by atoms with Gasteiger partial charge < -0.3 is 20.7 Å². The number of ether oxygens (including phenoxy) is 1. The second-order valence-corrected chi connectivity index (χ2v) is 15.3. The van der Waals surface area contributed by atoms with Gasteiger partial charge in [0.05, 0.1) is 33.5 Å². The average Bonchev–Trinajstić information content (AvgIpc) is 3.62. The number of nitrogens with one attached hydrogen (secondary N) is 1. The Labute approximate surface area is 264 Å². The fourth-order valence-corrected chi connectivity index (χ4v) is 10.1. The fraction of sp³-hybridized carbons (Fsp3) is 0.613. The van der Waals surface area contributed by atoms with Gasteiger partial charge in [-0.25, -0.2) is 17.2 Å². The highest BCUT2D eigenvalue weighted by molar-refractivity contribution is 7.91. The third-order valence-corrected chi connectivity index (χ3v) is 12.1. The molecule has 3 N–H and O–H groups in total. The second kappa shape index (κ2) is 11.2. The van der Waals surface area contributed by atoms with E-state index in [0.29, 0.717) is 31.9 Å². The number of sulfone groups is 1. The molecule has 0 radical (unpaired) electrons. The van der Waals surface area contributed by atoms with E-state index in [4.69, 9.17) is 10.5 Å². The van der Waals surface area contributed by atoms with Gasteiger partial charge in [0, 0.05) is 61.2 Å². The lowest BCUT2D eigenvalue weighted by Gasteiger charge is -2.37. The smallest absolute Gasteiger partial charge is 0.418 e. The van der Waals surface area contributed by atoms with Gasteiger partial charge in [-0.15, -0.1) is 5.92 Å². The summed E-state index contributed by atoms with van der Waals surface area (Å²) >= 11 is 0. The molecule has 6 heterocycles. The van der Waals surface area contributed by atoms with Crippen molar-refractivity contribution in [2.45, 2.75) is 86.4 Å². The average molecular weight is 667 g/mol. The number of rotatable bonds is 5. The zero-order valence-corrected chi connectivity index (χ0v) is 26.1. The zero-order valence-electron chi connectivity index (χ0n) is 25.3. The third kappa shape index (κ3) is 5.35. The van der Waals surface area contributed by atoms with Crippen LogP contribution in [0.1, 0.15) is 72.2 Å². The van der Waals surface area contributed by atoms with Crippen LogP contribution in [0.3, 0.4) is 0 Å². The van der Waals surface area contributed by atoms with Crippen LogP contribution in [0.25, 0.3) is 0 Å². The maximum atomic E-state index is 15.7. The summed E-state index contributed by atoms with van der Waals surface area (Å²) in [5.41, 5.74) is 1.96. The number of anilines is 2. The van der Waals surface area contributed by atoms with Gasteiger partial charge in [0.25, 0.3) is 0 Å². The van der Waals surface area contributed by atoms with Crippen molar-refractivity contribution in [3.63, 3.8) is 0 Å². The summed E-state index contributed by atoms with van der Waals surface area (Å²) in [6, 6.07) is 1.05. The van der Waals surface area contributed by atoms with E-state index in [-0.39, 0.29) is 36.0 Å². The first-order valence-corrected chi connectivity index (χ1v) is 17.3. The molecule has 46 heavy (non-hydrogen) atoms. The number of halogens is 5. The summed E-state index contributed by atoms with van der Waals surface area (Å²) in [5, 5.41) is 1.59. The van der Waals surface area contributed by atoms with Crippen LogP contribution in [0.2, 0.25) is 0 Å². The van der Waals surface area contributed by atoms with Crippen molar-refractivity contribution in [3.8, 4) is 17.9 Å². The number of piperazine rings is 1. The zero-order chi connectivity index (χ0) is 32.6. The Balaban J connectivity index is 1.33. The minimum Gasteiger partial charge on any atom is -0.461 e. The van der Waals surface area contributed by atoms with Crippen LogP contribution < -0.4 is 20.7 Å². The predicted octanol–water partition coefficient (Wildman–Crippen LogP) is 3.70. The summed E-state index contributed by atoms with van der Waals surface area (Å²) in [5.74, 6) is 2.90. The number of nitrogens with zero attached hydrogens (tertiary/aromatic N) is 4. The Hall–Kier alpha value is -3.22. The summed E-state index contributed by atoms with van der Waals surface area (Å²) in [7, 11) is -4.43. The van der Waals surface area contributed by atoms with Crippen molar-refractivity contribution in [3.05, 3.63) is 39.8 Å². The number of aromatic nitrogens is 2. The van der Waals surface area contributed by atoms with Gasteiger partial charge in [-0.1, -0.05) is 5.92 Å². The SMILES string of the molecule is CC#Cc1cc(N)c(F)c([C@@H]2Cc3nc(OC[C@@]45CCCN4C[C@H](F)C5)nc(N4CC5CCC(C4)N5)c3CS2(=O)=O)c1C(F)(F)F. The molecule has 7 rings (SSSR count). The predicted molar refractivity (Wildman–Crippen MR) is 160 cm³/mol. The molecule has 2 bridgehead atoms. The molecule has 0 saturated carbocycles. The van der Waals surface area contributed by atoms with Gasteiger partial charge >= 0.3 is 12.2 Å². The number of alkyl halides is 4. The van der Waals surface area contributed by atoms with Crippen molar-refractivity contribution in [2.75, 3.05) is 43.4 Å². The first-order chi connectivity index (χ1) is 21.8. The third-order valence-electron chi connectivity index (χ3n) is 10.1. The standard InChI is InChI=1S/C31H35F5N6O3S/c1-2-4-17-9-22(37)27(33)25(26(17)31(34,35)36)24-10-23-21(15-46(24,43)44)28(41-13-19-5-6-20(14-41)38-19)40-29(39-23)45-16-30-7-3-8-42(30)12-18(32)11-30/h9,18-20,24,38H,3,5-8,10-16,37H2,1H3/t18-,19?,20?,24+,30+/m1/s1. The summed E-state index contributed by atoms with van der Waals surface area (Å²) < 4.78 is 108. The van der Waals surface area contributed by atoms with Crippen molar-refractivity contribution >= 4 is 21.3 Å². The molecule has 5 aliphatic rings. The number of hydrogen-bond acceptors (Lipinski definition) is 9. The van der Waals surface area contributed by atoms with Gasteiger partial charge in [-0.3, -0.25) is 4.90 Å². The summed E-state index contributed by atoms with van der Waals surface area (Å²) in [6.07, 6.45) is -2.81. The van der Waals surface area contributed by atoms with Crippen LogP contribution >= 0.6 is 0 Å². The Morgan fingerprint density at radius 1 is 1.20 bits per heavy atom. The van der Waals surface area contributed by atoms with E-state index < -0.39 is 73.3 Å². The molecule has 0 spiro atoms. The largest absolute Gasteiger partial charge is 0.461 e. The van der Waals surface area contributed by atoms with E-state index in [0.717, 1.165) is 38.3 Å². The van der Waals surface area contributed by atoms with Crippen LogP contribution in [-0.4, -0.2) is 79.9 Å². The fourth-order valence-electron chi connectivity index (χ4n) is 8.18. The highest BCUT2D eigenvalue weighted by Crippen LogP contribution is 2.47. The van der Waals surface area contributed by atoms with Gasteiger partial charge in [-0.2, -0.15) is 23.1 Å². The van der Waals surface area contributed by atoms with E-state index in [9.17, 15) is 26.0 Å². The lowest BCUT2D eigenvalue weighted by atomic mass is 9.93. The number of benzene rings is 1. The van der Waals surface area contributed by atoms with E-state index in [2.05, 4.69) is 32.0 Å². The highest BCUT2D eigenvalue weighted by atomic mass is 32.2. The van der Waals surface area contributed by atoms with Gasteiger partial charge in [0.2, 0.25) is 0 Å². The molecule has 248 valence electrons. The molecule has 5 atom stereocenters. The molecule has 1 aromatic carbocycles.